The van der Waals surface area contributed by atoms with E-state index in [0.717, 1.165) is 24.1 Å². The molecule has 0 aliphatic heterocycles. The van der Waals surface area contributed by atoms with Crippen molar-refractivity contribution in [2.45, 2.75) is 46.1 Å². The largest absolute Gasteiger partial charge is 0.369 e. The highest BCUT2D eigenvalue weighted by molar-refractivity contribution is 5.42. The van der Waals surface area contributed by atoms with Gasteiger partial charge >= 0.3 is 0 Å². The number of nitrogens with zero attached hydrogens (tertiary/aromatic N) is 2. The lowest BCUT2D eigenvalue weighted by atomic mass is 9.80. The van der Waals surface area contributed by atoms with Crippen LogP contribution in [0.3, 0.4) is 0 Å². The molecular weight excluding hydrogens is 224 g/mol. The highest BCUT2D eigenvalue weighted by Gasteiger charge is 2.25. The average molecular weight is 248 g/mol. The normalized spacial score (nSPS) is 27.8. The van der Waals surface area contributed by atoms with Crippen LogP contribution < -0.4 is 10.6 Å². The third-order valence-electron chi connectivity index (χ3n) is 3.76. The maximum atomic E-state index is 4.53. The predicted molar refractivity (Wildman–Crippen MR) is 75.8 cm³/mol. The average Bonchev–Trinajstić information content (AvgIpc) is 2.34. The first kappa shape index (κ1) is 13.1. The molecule has 0 aromatic carbocycles. The molecule has 1 heterocycles. The SMILES string of the molecule is CCNc1cncc(NC2CCC(C)CC2C)n1. The van der Waals surface area contributed by atoms with Gasteiger partial charge in [0.1, 0.15) is 11.6 Å². The van der Waals surface area contributed by atoms with Crippen molar-refractivity contribution < 1.29 is 0 Å². The van der Waals surface area contributed by atoms with Gasteiger partial charge in [0.2, 0.25) is 0 Å². The van der Waals surface area contributed by atoms with Crippen molar-refractivity contribution in [3.05, 3.63) is 12.4 Å². The summed E-state index contributed by atoms with van der Waals surface area (Å²) in [6, 6.07) is 0.535. The molecule has 4 heteroatoms. The Bertz CT molecular complexity index is 380. The molecule has 4 nitrogen and oxygen atoms in total. The number of hydrogen-bond acceptors (Lipinski definition) is 4. The van der Waals surface area contributed by atoms with Crippen LogP contribution in [0, 0.1) is 11.8 Å². The summed E-state index contributed by atoms with van der Waals surface area (Å²) < 4.78 is 0. The number of nitrogens with one attached hydrogen (secondary N) is 2. The fraction of sp³-hybridized carbons (Fsp3) is 0.714. The van der Waals surface area contributed by atoms with E-state index in [9.17, 15) is 0 Å². The zero-order chi connectivity index (χ0) is 13.0. The Morgan fingerprint density at radius 2 is 2.00 bits per heavy atom. The van der Waals surface area contributed by atoms with Crippen LogP contribution in [0.5, 0.6) is 0 Å². The Kier molecular flexibility index (Phi) is 4.39. The lowest BCUT2D eigenvalue weighted by Gasteiger charge is -2.33. The van der Waals surface area contributed by atoms with Crippen molar-refractivity contribution in [3.63, 3.8) is 0 Å². The summed E-state index contributed by atoms with van der Waals surface area (Å²) in [5.74, 6) is 3.30. The van der Waals surface area contributed by atoms with Crippen LogP contribution in [0.4, 0.5) is 11.6 Å². The molecule has 100 valence electrons. The summed E-state index contributed by atoms with van der Waals surface area (Å²) in [5.41, 5.74) is 0. The number of aromatic nitrogens is 2. The molecule has 3 atom stereocenters. The zero-order valence-corrected chi connectivity index (χ0v) is 11.6. The van der Waals surface area contributed by atoms with Crippen LogP contribution >= 0.6 is 0 Å². The second-order valence-electron chi connectivity index (χ2n) is 5.47. The Balaban J connectivity index is 1.98. The van der Waals surface area contributed by atoms with Crippen LogP contribution in [0.15, 0.2) is 12.4 Å². The summed E-state index contributed by atoms with van der Waals surface area (Å²) in [5, 5.41) is 6.73. The molecule has 18 heavy (non-hydrogen) atoms. The molecule has 2 N–H and O–H groups in total. The number of anilines is 2. The van der Waals surface area contributed by atoms with E-state index in [0.29, 0.717) is 12.0 Å². The molecule has 0 spiro atoms. The summed E-state index contributed by atoms with van der Waals surface area (Å²) >= 11 is 0. The van der Waals surface area contributed by atoms with E-state index in [-0.39, 0.29) is 0 Å². The summed E-state index contributed by atoms with van der Waals surface area (Å²) in [6.07, 6.45) is 7.42. The van der Waals surface area contributed by atoms with Gasteiger partial charge in [0, 0.05) is 12.6 Å². The van der Waals surface area contributed by atoms with Crippen LogP contribution in [-0.4, -0.2) is 22.6 Å². The standard InChI is InChI=1S/C14H24N4/c1-4-16-13-8-15-9-14(18-13)17-12-6-5-10(2)7-11(12)3/h8-12H,4-7H2,1-3H3,(H2,16,17,18). The van der Waals surface area contributed by atoms with Gasteiger partial charge in [-0.1, -0.05) is 13.8 Å². The first-order chi connectivity index (χ1) is 8.69. The molecule has 1 fully saturated rings. The molecule has 1 aromatic rings. The molecule has 0 radical (unpaired) electrons. The monoisotopic (exact) mass is 248 g/mol. The summed E-state index contributed by atoms with van der Waals surface area (Å²) in [6.45, 7) is 7.61. The van der Waals surface area contributed by atoms with Gasteiger partial charge in [-0.2, -0.15) is 0 Å². The fourth-order valence-corrected chi connectivity index (χ4v) is 2.77. The molecule has 0 saturated heterocycles. The van der Waals surface area contributed by atoms with Crippen LogP contribution in [0.25, 0.3) is 0 Å². The molecule has 1 saturated carbocycles. The van der Waals surface area contributed by atoms with Gasteiger partial charge in [0.05, 0.1) is 12.4 Å². The summed E-state index contributed by atoms with van der Waals surface area (Å²) in [7, 11) is 0. The Hall–Kier alpha value is -1.32. The molecule has 1 aliphatic carbocycles. The van der Waals surface area contributed by atoms with E-state index in [4.69, 9.17) is 0 Å². The minimum absolute atomic E-state index is 0.535. The second kappa shape index (κ2) is 6.03. The van der Waals surface area contributed by atoms with Crippen molar-refractivity contribution in [2.75, 3.05) is 17.2 Å². The Labute approximate surface area is 110 Å². The first-order valence-electron chi connectivity index (χ1n) is 7.01. The van der Waals surface area contributed by atoms with E-state index < -0.39 is 0 Å². The third-order valence-corrected chi connectivity index (χ3v) is 3.76. The molecule has 1 aromatic heterocycles. The van der Waals surface area contributed by atoms with Gasteiger partial charge in [-0.25, -0.2) is 4.98 Å². The van der Waals surface area contributed by atoms with Gasteiger partial charge in [-0.3, -0.25) is 4.98 Å². The molecule has 2 rings (SSSR count). The van der Waals surface area contributed by atoms with Crippen molar-refractivity contribution >= 4 is 11.6 Å². The smallest absolute Gasteiger partial charge is 0.147 e. The molecule has 3 unspecified atom stereocenters. The predicted octanol–water partition coefficient (Wildman–Crippen LogP) is 3.15. The van der Waals surface area contributed by atoms with Crippen molar-refractivity contribution in [1.29, 1.82) is 0 Å². The highest BCUT2D eigenvalue weighted by Crippen LogP contribution is 2.30. The number of rotatable bonds is 4. The van der Waals surface area contributed by atoms with E-state index >= 15 is 0 Å². The van der Waals surface area contributed by atoms with Gasteiger partial charge < -0.3 is 10.6 Å². The van der Waals surface area contributed by atoms with Gasteiger partial charge in [0.25, 0.3) is 0 Å². The fourth-order valence-electron chi connectivity index (χ4n) is 2.77. The van der Waals surface area contributed by atoms with E-state index in [1.54, 1.807) is 6.20 Å². The lowest BCUT2D eigenvalue weighted by molar-refractivity contribution is 0.276. The molecule has 0 bridgehead atoms. The maximum absolute atomic E-state index is 4.53. The van der Waals surface area contributed by atoms with Crippen LogP contribution in [0.2, 0.25) is 0 Å². The van der Waals surface area contributed by atoms with Crippen molar-refractivity contribution in [3.8, 4) is 0 Å². The quantitative estimate of drug-likeness (QED) is 0.859. The molecule has 1 aliphatic rings. The molecular formula is C14H24N4. The van der Waals surface area contributed by atoms with E-state index in [2.05, 4.69) is 41.4 Å². The molecule has 0 amide bonds. The van der Waals surface area contributed by atoms with Crippen LogP contribution in [-0.2, 0) is 0 Å². The van der Waals surface area contributed by atoms with E-state index in [1.165, 1.54) is 19.3 Å². The second-order valence-corrected chi connectivity index (χ2v) is 5.47. The minimum atomic E-state index is 0.535. The first-order valence-corrected chi connectivity index (χ1v) is 7.01. The summed E-state index contributed by atoms with van der Waals surface area (Å²) in [4.78, 5) is 8.75. The zero-order valence-electron chi connectivity index (χ0n) is 11.6. The number of hydrogen-bond donors (Lipinski definition) is 2. The Morgan fingerprint density at radius 1 is 1.22 bits per heavy atom. The van der Waals surface area contributed by atoms with Crippen molar-refractivity contribution in [2.24, 2.45) is 11.8 Å². The van der Waals surface area contributed by atoms with Gasteiger partial charge in [0.15, 0.2) is 0 Å². The van der Waals surface area contributed by atoms with Gasteiger partial charge in [-0.05, 0) is 38.0 Å². The highest BCUT2D eigenvalue weighted by atomic mass is 15.1. The topological polar surface area (TPSA) is 49.8 Å². The Morgan fingerprint density at radius 3 is 2.72 bits per heavy atom. The minimum Gasteiger partial charge on any atom is -0.369 e. The van der Waals surface area contributed by atoms with Crippen molar-refractivity contribution in [1.82, 2.24) is 9.97 Å². The third kappa shape index (κ3) is 3.34. The maximum Gasteiger partial charge on any atom is 0.147 e. The van der Waals surface area contributed by atoms with Gasteiger partial charge in [-0.15, -0.1) is 0 Å². The van der Waals surface area contributed by atoms with E-state index in [1.807, 2.05) is 6.20 Å². The van der Waals surface area contributed by atoms with Crippen LogP contribution in [0.1, 0.15) is 40.0 Å². The lowest BCUT2D eigenvalue weighted by Crippen LogP contribution is -2.33.